The average molecular weight is 406 g/mol. The number of anilines is 2. The number of halogens is 1. The van der Waals surface area contributed by atoms with Gasteiger partial charge in [0.15, 0.2) is 0 Å². The van der Waals surface area contributed by atoms with E-state index in [9.17, 15) is 14.0 Å². The van der Waals surface area contributed by atoms with Gasteiger partial charge in [-0.25, -0.2) is 4.39 Å². The molecular weight excluding hydrogens is 383 g/mol. The molecule has 1 fully saturated rings. The molecule has 2 aromatic carbocycles. The number of rotatable bonds is 4. The summed E-state index contributed by atoms with van der Waals surface area (Å²) >= 11 is 0. The molecule has 1 aliphatic rings. The van der Waals surface area contributed by atoms with Crippen LogP contribution in [0.5, 0.6) is 0 Å². The van der Waals surface area contributed by atoms with E-state index in [1.54, 1.807) is 6.07 Å². The molecule has 1 aromatic heterocycles. The van der Waals surface area contributed by atoms with Crippen molar-refractivity contribution in [2.24, 2.45) is 5.92 Å². The van der Waals surface area contributed by atoms with E-state index >= 15 is 0 Å². The van der Waals surface area contributed by atoms with Crippen molar-refractivity contribution in [2.45, 2.75) is 19.8 Å². The third kappa shape index (κ3) is 4.25. The predicted molar refractivity (Wildman–Crippen MR) is 115 cm³/mol. The van der Waals surface area contributed by atoms with E-state index in [-0.39, 0.29) is 23.2 Å². The Morgan fingerprint density at radius 2 is 1.87 bits per heavy atom. The van der Waals surface area contributed by atoms with Gasteiger partial charge in [0.1, 0.15) is 11.6 Å². The fourth-order valence-electron chi connectivity index (χ4n) is 3.68. The number of hydrogen-bond donors (Lipinski definition) is 1. The van der Waals surface area contributed by atoms with Crippen molar-refractivity contribution in [3.05, 3.63) is 82.4 Å². The lowest BCUT2D eigenvalue weighted by Gasteiger charge is -2.33. The molecule has 0 radical (unpaired) electrons. The standard InChI is InChI=1S/C23H23FN4O2/c1-16-5-2-3-7-20(16)25-23(30)17-6-4-14-27(15-17)21-12-13-22(29)28(26-21)19-10-8-18(24)9-11-19/h2-3,5,7-13,17H,4,6,14-15H2,1H3,(H,25,30)/t17-/m1/s1. The van der Waals surface area contributed by atoms with E-state index in [4.69, 9.17) is 0 Å². The van der Waals surface area contributed by atoms with Crippen molar-refractivity contribution in [2.75, 3.05) is 23.3 Å². The monoisotopic (exact) mass is 406 g/mol. The van der Waals surface area contributed by atoms with Crippen molar-refractivity contribution in [1.82, 2.24) is 9.78 Å². The number of nitrogens with one attached hydrogen (secondary N) is 1. The second-order valence-corrected chi connectivity index (χ2v) is 7.51. The van der Waals surface area contributed by atoms with Gasteiger partial charge >= 0.3 is 0 Å². The zero-order valence-electron chi connectivity index (χ0n) is 16.7. The molecule has 30 heavy (non-hydrogen) atoms. The fraction of sp³-hybridized carbons (Fsp3) is 0.261. The van der Waals surface area contributed by atoms with Crippen molar-refractivity contribution in [1.29, 1.82) is 0 Å². The molecule has 1 atom stereocenters. The summed E-state index contributed by atoms with van der Waals surface area (Å²) in [6.45, 7) is 3.24. The summed E-state index contributed by atoms with van der Waals surface area (Å²) in [6.07, 6.45) is 1.65. The minimum absolute atomic E-state index is 0.0131. The quantitative estimate of drug-likeness (QED) is 0.720. The van der Waals surface area contributed by atoms with Crippen LogP contribution in [0.3, 0.4) is 0 Å². The zero-order valence-corrected chi connectivity index (χ0v) is 16.7. The van der Waals surface area contributed by atoms with E-state index in [1.807, 2.05) is 36.1 Å². The van der Waals surface area contributed by atoms with Crippen LogP contribution in [-0.4, -0.2) is 28.8 Å². The normalized spacial score (nSPS) is 16.3. The number of aryl methyl sites for hydroxylation is 1. The van der Waals surface area contributed by atoms with E-state index in [0.29, 0.717) is 18.1 Å². The molecule has 1 saturated heterocycles. The minimum atomic E-state index is -0.374. The van der Waals surface area contributed by atoms with Gasteiger partial charge in [0.05, 0.1) is 11.6 Å². The molecule has 0 aliphatic carbocycles. The molecule has 0 bridgehead atoms. The Morgan fingerprint density at radius 1 is 1.10 bits per heavy atom. The Kier molecular flexibility index (Phi) is 5.61. The highest BCUT2D eigenvalue weighted by atomic mass is 19.1. The number of carbonyl (C=O) groups excluding carboxylic acids is 1. The number of carbonyl (C=O) groups is 1. The van der Waals surface area contributed by atoms with Gasteiger partial charge in [0.2, 0.25) is 5.91 Å². The molecule has 1 N–H and O–H groups in total. The number of hydrogen-bond acceptors (Lipinski definition) is 4. The molecule has 0 spiro atoms. The Labute approximate surface area is 174 Å². The largest absolute Gasteiger partial charge is 0.354 e. The van der Waals surface area contributed by atoms with Gasteiger partial charge in [-0.05, 0) is 61.7 Å². The third-order valence-corrected chi connectivity index (χ3v) is 5.38. The third-order valence-electron chi connectivity index (χ3n) is 5.38. The zero-order chi connectivity index (χ0) is 21.1. The highest BCUT2D eigenvalue weighted by Crippen LogP contribution is 2.23. The van der Waals surface area contributed by atoms with Gasteiger partial charge in [-0.3, -0.25) is 9.59 Å². The summed E-state index contributed by atoms with van der Waals surface area (Å²) in [4.78, 5) is 27.1. The van der Waals surface area contributed by atoms with Crippen molar-refractivity contribution in [3.63, 3.8) is 0 Å². The molecule has 1 aliphatic heterocycles. The molecular formula is C23H23FN4O2. The summed E-state index contributed by atoms with van der Waals surface area (Å²) in [5, 5.41) is 7.49. The van der Waals surface area contributed by atoms with Gasteiger partial charge in [-0.2, -0.15) is 4.68 Å². The topological polar surface area (TPSA) is 67.2 Å². The van der Waals surface area contributed by atoms with Gasteiger partial charge in [0, 0.05) is 24.8 Å². The Bertz CT molecular complexity index is 1110. The van der Waals surface area contributed by atoms with Gasteiger partial charge < -0.3 is 10.2 Å². The molecule has 154 valence electrons. The average Bonchev–Trinajstić information content (AvgIpc) is 2.76. The SMILES string of the molecule is Cc1ccccc1NC(=O)[C@@H]1CCCN(c2ccc(=O)n(-c3ccc(F)cc3)n2)C1. The first-order valence-corrected chi connectivity index (χ1v) is 9.99. The summed E-state index contributed by atoms with van der Waals surface area (Å²) < 4.78 is 14.5. The summed E-state index contributed by atoms with van der Waals surface area (Å²) in [7, 11) is 0. The predicted octanol–water partition coefficient (Wildman–Crippen LogP) is 3.54. The van der Waals surface area contributed by atoms with E-state index in [0.717, 1.165) is 30.6 Å². The molecule has 0 unspecified atom stereocenters. The maximum Gasteiger partial charge on any atom is 0.271 e. The van der Waals surface area contributed by atoms with E-state index < -0.39 is 0 Å². The van der Waals surface area contributed by atoms with Crippen LogP contribution in [0, 0.1) is 18.7 Å². The number of para-hydroxylation sites is 1. The van der Waals surface area contributed by atoms with Gasteiger partial charge in [-0.1, -0.05) is 18.2 Å². The minimum Gasteiger partial charge on any atom is -0.354 e. The van der Waals surface area contributed by atoms with E-state index in [2.05, 4.69) is 10.4 Å². The van der Waals surface area contributed by atoms with Crippen LogP contribution in [0.15, 0.2) is 65.5 Å². The van der Waals surface area contributed by atoms with Crippen molar-refractivity contribution < 1.29 is 9.18 Å². The second-order valence-electron chi connectivity index (χ2n) is 7.51. The Balaban J connectivity index is 1.52. The number of benzene rings is 2. The van der Waals surface area contributed by atoms with Crippen LogP contribution >= 0.6 is 0 Å². The molecule has 3 aromatic rings. The maximum atomic E-state index is 13.2. The Hall–Kier alpha value is -3.48. The summed E-state index contributed by atoms with van der Waals surface area (Å²) in [6, 6.07) is 16.4. The molecule has 0 saturated carbocycles. The molecule has 1 amide bonds. The highest BCUT2D eigenvalue weighted by molar-refractivity contribution is 5.93. The number of amides is 1. The molecule has 2 heterocycles. The van der Waals surface area contributed by atoms with Crippen LogP contribution < -0.4 is 15.8 Å². The smallest absolute Gasteiger partial charge is 0.271 e. The molecule has 4 rings (SSSR count). The fourth-order valence-corrected chi connectivity index (χ4v) is 3.68. The molecule has 7 heteroatoms. The highest BCUT2D eigenvalue weighted by Gasteiger charge is 2.27. The van der Waals surface area contributed by atoms with E-state index in [1.165, 1.54) is 35.0 Å². The number of piperidine rings is 1. The number of nitrogens with zero attached hydrogens (tertiary/aromatic N) is 3. The van der Waals surface area contributed by atoms with Gasteiger partial charge in [-0.15, -0.1) is 5.10 Å². The first kappa shape index (κ1) is 19.8. The lowest BCUT2D eigenvalue weighted by atomic mass is 9.97. The lowest BCUT2D eigenvalue weighted by Crippen LogP contribution is -2.41. The van der Waals surface area contributed by atoms with Gasteiger partial charge in [0.25, 0.3) is 5.56 Å². The van der Waals surface area contributed by atoms with Crippen molar-refractivity contribution >= 4 is 17.4 Å². The van der Waals surface area contributed by atoms with Crippen LogP contribution in [-0.2, 0) is 4.79 Å². The second kappa shape index (κ2) is 8.49. The van der Waals surface area contributed by atoms with Crippen molar-refractivity contribution in [3.8, 4) is 5.69 Å². The number of aromatic nitrogens is 2. The summed E-state index contributed by atoms with van der Waals surface area (Å²) in [5.74, 6) is 0.0565. The first-order valence-electron chi connectivity index (χ1n) is 9.99. The summed E-state index contributed by atoms with van der Waals surface area (Å²) in [5.41, 5.74) is 2.04. The lowest BCUT2D eigenvalue weighted by molar-refractivity contribution is -0.120. The van der Waals surface area contributed by atoms with Crippen LogP contribution in [0.25, 0.3) is 5.69 Å². The molecule has 6 nitrogen and oxygen atoms in total. The first-order chi connectivity index (χ1) is 14.5. The maximum absolute atomic E-state index is 13.2. The van der Waals surface area contributed by atoms with Crippen LogP contribution in [0.1, 0.15) is 18.4 Å². The van der Waals surface area contributed by atoms with Crippen LogP contribution in [0.2, 0.25) is 0 Å². The Morgan fingerprint density at radius 3 is 2.63 bits per heavy atom. The van der Waals surface area contributed by atoms with Crippen LogP contribution in [0.4, 0.5) is 15.9 Å².